The maximum Gasteiger partial charge on any atom is 0.257 e. The molecule has 0 spiro atoms. The number of carbonyl (C=O) groups is 3. The first-order chi connectivity index (χ1) is 13.9. The summed E-state index contributed by atoms with van der Waals surface area (Å²) in [5, 5.41) is 8.92. The number of carbonyl (C=O) groups excluding carboxylic acids is 3. The predicted octanol–water partition coefficient (Wildman–Crippen LogP) is 3.27. The van der Waals surface area contributed by atoms with E-state index in [9.17, 15) is 18.8 Å². The number of hydrogen-bond acceptors (Lipinski definition) is 4. The van der Waals surface area contributed by atoms with Crippen LogP contribution in [0.3, 0.4) is 0 Å². The molecule has 2 unspecified atom stereocenters. The van der Waals surface area contributed by atoms with E-state index in [-0.39, 0.29) is 18.0 Å². The summed E-state index contributed by atoms with van der Waals surface area (Å²) in [7, 11) is 0. The van der Waals surface area contributed by atoms with Gasteiger partial charge in [-0.15, -0.1) is 0 Å². The molecule has 0 aromatic heterocycles. The molecule has 3 amide bonds. The number of anilines is 1. The second kappa shape index (κ2) is 8.23. The van der Waals surface area contributed by atoms with Crippen molar-refractivity contribution in [1.82, 2.24) is 4.90 Å². The minimum absolute atomic E-state index is 0.129. The van der Waals surface area contributed by atoms with Gasteiger partial charge in [-0.05, 0) is 61.9 Å². The van der Waals surface area contributed by atoms with Crippen molar-refractivity contribution in [3.05, 3.63) is 65.5 Å². The fourth-order valence-electron chi connectivity index (χ4n) is 3.38. The zero-order valence-electron chi connectivity index (χ0n) is 16.1. The number of amides is 3. The van der Waals surface area contributed by atoms with Crippen molar-refractivity contribution in [3.63, 3.8) is 0 Å². The van der Waals surface area contributed by atoms with Crippen LogP contribution in [0.15, 0.2) is 48.5 Å². The van der Waals surface area contributed by atoms with E-state index in [2.05, 4.69) is 0 Å². The lowest BCUT2D eigenvalue weighted by Crippen LogP contribution is -2.49. The van der Waals surface area contributed by atoms with Crippen LogP contribution in [0.4, 0.5) is 10.1 Å². The number of rotatable bonds is 5. The molecule has 1 aliphatic rings. The lowest BCUT2D eigenvalue weighted by atomic mass is 10.1. The van der Waals surface area contributed by atoms with E-state index in [1.807, 2.05) is 19.9 Å². The third-order valence-electron chi connectivity index (χ3n) is 5.10. The number of nitriles is 1. The normalized spacial score (nSPS) is 17.2. The standard InChI is InChI=1S/C22H20FN3O3/c1-3-14(2)25(21(28)16-6-8-17(23)9-7-16)19-12-20(27)26(22(19)29)18-10-4-15(13-24)5-11-18/h4-11,14,19H,3,12H2,1-2H3. The van der Waals surface area contributed by atoms with E-state index in [1.54, 1.807) is 0 Å². The summed E-state index contributed by atoms with van der Waals surface area (Å²) >= 11 is 0. The van der Waals surface area contributed by atoms with Gasteiger partial charge in [-0.25, -0.2) is 9.29 Å². The quantitative estimate of drug-likeness (QED) is 0.730. The first kappa shape index (κ1) is 20.2. The summed E-state index contributed by atoms with van der Waals surface area (Å²) in [6, 6.07) is 12.0. The predicted molar refractivity (Wildman–Crippen MR) is 104 cm³/mol. The van der Waals surface area contributed by atoms with Gasteiger partial charge in [-0.2, -0.15) is 5.26 Å². The van der Waals surface area contributed by atoms with E-state index in [4.69, 9.17) is 5.26 Å². The highest BCUT2D eigenvalue weighted by Gasteiger charge is 2.45. The summed E-state index contributed by atoms with van der Waals surface area (Å²) in [4.78, 5) is 41.3. The topological polar surface area (TPSA) is 81.5 Å². The molecule has 1 fully saturated rings. The molecule has 0 saturated carbocycles. The van der Waals surface area contributed by atoms with Crippen molar-refractivity contribution >= 4 is 23.4 Å². The van der Waals surface area contributed by atoms with Crippen LogP contribution in [0.25, 0.3) is 0 Å². The van der Waals surface area contributed by atoms with Crippen LogP contribution < -0.4 is 4.90 Å². The molecule has 2 aromatic rings. The first-order valence-corrected chi connectivity index (χ1v) is 9.32. The maximum absolute atomic E-state index is 13.2. The zero-order valence-corrected chi connectivity index (χ0v) is 16.1. The van der Waals surface area contributed by atoms with Crippen molar-refractivity contribution < 1.29 is 18.8 Å². The van der Waals surface area contributed by atoms with Gasteiger partial charge in [0, 0.05) is 11.6 Å². The summed E-state index contributed by atoms with van der Waals surface area (Å²) in [6.45, 7) is 3.69. The molecule has 3 rings (SSSR count). The average Bonchev–Trinajstić information content (AvgIpc) is 3.02. The maximum atomic E-state index is 13.2. The highest BCUT2D eigenvalue weighted by atomic mass is 19.1. The van der Waals surface area contributed by atoms with Gasteiger partial charge in [-0.3, -0.25) is 14.4 Å². The van der Waals surface area contributed by atoms with Gasteiger partial charge in [0.05, 0.1) is 23.7 Å². The van der Waals surface area contributed by atoms with E-state index in [1.165, 1.54) is 53.4 Å². The molecule has 1 saturated heterocycles. The van der Waals surface area contributed by atoms with Gasteiger partial charge in [0.15, 0.2) is 0 Å². The molecule has 2 atom stereocenters. The second-order valence-electron chi connectivity index (χ2n) is 6.92. The first-order valence-electron chi connectivity index (χ1n) is 9.32. The van der Waals surface area contributed by atoms with E-state index in [0.717, 1.165) is 4.90 Å². The van der Waals surface area contributed by atoms with Gasteiger partial charge < -0.3 is 4.90 Å². The van der Waals surface area contributed by atoms with Crippen LogP contribution in [0.2, 0.25) is 0 Å². The molecule has 0 bridgehead atoms. The summed E-state index contributed by atoms with van der Waals surface area (Å²) in [6.07, 6.45) is 0.456. The number of imide groups is 1. The summed E-state index contributed by atoms with van der Waals surface area (Å²) in [5.41, 5.74) is 1.03. The van der Waals surface area contributed by atoms with Gasteiger partial charge in [0.25, 0.3) is 11.8 Å². The van der Waals surface area contributed by atoms with Crippen LogP contribution in [-0.4, -0.2) is 34.7 Å². The third kappa shape index (κ3) is 3.87. The Bertz CT molecular complexity index is 980. The Labute approximate surface area is 168 Å². The Balaban J connectivity index is 1.93. The van der Waals surface area contributed by atoms with Gasteiger partial charge in [0.1, 0.15) is 11.9 Å². The van der Waals surface area contributed by atoms with E-state index < -0.39 is 29.6 Å². The summed E-state index contributed by atoms with van der Waals surface area (Å²) in [5.74, 6) is -1.79. The molecular formula is C22H20FN3O3. The Hall–Kier alpha value is -3.53. The van der Waals surface area contributed by atoms with Crippen molar-refractivity contribution in [2.45, 2.75) is 38.8 Å². The fraction of sp³-hybridized carbons (Fsp3) is 0.273. The molecule has 29 heavy (non-hydrogen) atoms. The van der Waals surface area contributed by atoms with Crippen molar-refractivity contribution in [2.24, 2.45) is 0 Å². The minimum atomic E-state index is -0.939. The minimum Gasteiger partial charge on any atom is -0.323 e. The second-order valence-corrected chi connectivity index (χ2v) is 6.92. The highest BCUT2D eigenvalue weighted by Crippen LogP contribution is 2.28. The average molecular weight is 393 g/mol. The fourth-order valence-corrected chi connectivity index (χ4v) is 3.38. The van der Waals surface area contributed by atoms with Crippen molar-refractivity contribution in [2.75, 3.05) is 4.90 Å². The van der Waals surface area contributed by atoms with Crippen molar-refractivity contribution in [1.29, 1.82) is 5.26 Å². The van der Waals surface area contributed by atoms with Gasteiger partial charge >= 0.3 is 0 Å². The Kier molecular flexibility index (Phi) is 5.74. The molecule has 1 aliphatic heterocycles. The Morgan fingerprint density at radius 3 is 2.38 bits per heavy atom. The van der Waals surface area contributed by atoms with Crippen molar-refractivity contribution in [3.8, 4) is 6.07 Å². The molecule has 1 heterocycles. The monoisotopic (exact) mass is 393 g/mol. The highest BCUT2D eigenvalue weighted by molar-refractivity contribution is 6.23. The smallest absolute Gasteiger partial charge is 0.257 e. The van der Waals surface area contributed by atoms with Crippen LogP contribution >= 0.6 is 0 Å². The Morgan fingerprint density at radius 1 is 1.21 bits per heavy atom. The van der Waals surface area contributed by atoms with Crippen LogP contribution in [0.5, 0.6) is 0 Å². The lowest BCUT2D eigenvalue weighted by Gasteiger charge is -2.33. The lowest BCUT2D eigenvalue weighted by molar-refractivity contribution is -0.122. The summed E-state index contributed by atoms with van der Waals surface area (Å²) < 4.78 is 13.2. The molecule has 2 aromatic carbocycles. The zero-order chi connectivity index (χ0) is 21.1. The molecule has 0 radical (unpaired) electrons. The molecule has 0 N–H and O–H groups in total. The molecule has 7 heteroatoms. The third-order valence-corrected chi connectivity index (χ3v) is 5.10. The van der Waals surface area contributed by atoms with Crippen LogP contribution in [0.1, 0.15) is 42.6 Å². The Morgan fingerprint density at radius 2 is 1.83 bits per heavy atom. The van der Waals surface area contributed by atoms with Gasteiger partial charge in [-0.1, -0.05) is 6.92 Å². The SMILES string of the molecule is CCC(C)N(C(=O)c1ccc(F)cc1)C1CC(=O)N(c2ccc(C#N)cc2)C1=O. The van der Waals surface area contributed by atoms with E-state index in [0.29, 0.717) is 17.7 Å². The number of benzene rings is 2. The number of halogens is 1. The van der Waals surface area contributed by atoms with E-state index >= 15 is 0 Å². The van der Waals surface area contributed by atoms with Gasteiger partial charge in [0.2, 0.25) is 5.91 Å². The molecule has 148 valence electrons. The number of hydrogen-bond donors (Lipinski definition) is 0. The molecule has 6 nitrogen and oxygen atoms in total. The van der Waals surface area contributed by atoms with Crippen LogP contribution in [-0.2, 0) is 9.59 Å². The largest absolute Gasteiger partial charge is 0.323 e. The molecular weight excluding hydrogens is 373 g/mol. The number of nitrogens with zero attached hydrogens (tertiary/aromatic N) is 3. The molecule has 0 aliphatic carbocycles. The van der Waals surface area contributed by atoms with Crippen LogP contribution in [0, 0.1) is 17.1 Å².